The maximum absolute atomic E-state index is 10.9. The maximum Gasteiger partial charge on any atom is 0.508 e. The maximum atomic E-state index is 10.9. The van der Waals surface area contributed by atoms with Crippen LogP contribution in [0.5, 0.6) is 0 Å². The number of hydrogen-bond acceptors (Lipinski definition) is 5. The minimum Gasteiger partial charge on any atom is -0.450 e. The van der Waals surface area contributed by atoms with Crippen LogP contribution in [0.2, 0.25) is 0 Å². The highest BCUT2D eigenvalue weighted by Crippen LogP contribution is 1.87. The zero-order chi connectivity index (χ0) is 12.2. The van der Waals surface area contributed by atoms with Crippen molar-refractivity contribution < 1.29 is 23.8 Å². The average Bonchev–Trinajstić information content (AvgIpc) is 2.29. The molecular formula is C10H19NO5. The Morgan fingerprint density at radius 1 is 0.938 bits per heavy atom. The molecule has 0 aliphatic carbocycles. The third-order valence-electron chi connectivity index (χ3n) is 1.45. The van der Waals surface area contributed by atoms with Crippen LogP contribution < -0.4 is 5.32 Å². The first kappa shape index (κ1) is 14.5. The zero-order valence-corrected chi connectivity index (χ0v) is 9.78. The van der Waals surface area contributed by atoms with E-state index in [0.717, 1.165) is 12.8 Å². The fourth-order valence-corrected chi connectivity index (χ4v) is 0.760. The molecule has 0 unspecified atom stereocenters. The Balaban J connectivity index is 3.31. The van der Waals surface area contributed by atoms with Crippen LogP contribution in [0.15, 0.2) is 0 Å². The summed E-state index contributed by atoms with van der Waals surface area (Å²) in [6, 6.07) is 0. The van der Waals surface area contributed by atoms with E-state index in [9.17, 15) is 9.59 Å². The summed E-state index contributed by atoms with van der Waals surface area (Å²) in [4.78, 5) is 21.7. The molecule has 1 amide bonds. The van der Waals surface area contributed by atoms with E-state index in [4.69, 9.17) is 4.74 Å². The summed E-state index contributed by atoms with van der Waals surface area (Å²) in [6.45, 7) is 4.79. The molecule has 0 aromatic heterocycles. The van der Waals surface area contributed by atoms with Gasteiger partial charge in [-0.2, -0.15) is 0 Å². The van der Waals surface area contributed by atoms with E-state index < -0.39 is 12.2 Å². The van der Waals surface area contributed by atoms with Gasteiger partial charge in [0.1, 0.15) is 6.61 Å². The normalized spacial score (nSPS) is 9.38. The molecule has 0 heterocycles. The molecule has 0 rings (SSSR count). The number of rotatable bonds is 7. The van der Waals surface area contributed by atoms with E-state index in [-0.39, 0.29) is 13.2 Å². The summed E-state index contributed by atoms with van der Waals surface area (Å²) in [7, 11) is 0. The van der Waals surface area contributed by atoms with Crippen molar-refractivity contribution in [2.75, 3.05) is 26.4 Å². The van der Waals surface area contributed by atoms with E-state index in [1.807, 2.05) is 13.8 Å². The van der Waals surface area contributed by atoms with Gasteiger partial charge in [-0.3, -0.25) is 0 Å². The number of amides is 1. The monoisotopic (exact) mass is 233 g/mol. The van der Waals surface area contributed by atoms with E-state index >= 15 is 0 Å². The Morgan fingerprint density at radius 2 is 1.50 bits per heavy atom. The van der Waals surface area contributed by atoms with Gasteiger partial charge in [-0.05, 0) is 12.8 Å². The van der Waals surface area contributed by atoms with Gasteiger partial charge in [0.2, 0.25) is 0 Å². The van der Waals surface area contributed by atoms with E-state index in [1.54, 1.807) is 0 Å². The summed E-state index contributed by atoms with van der Waals surface area (Å²) < 4.78 is 14.1. The van der Waals surface area contributed by atoms with Crippen molar-refractivity contribution in [3.8, 4) is 0 Å². The van der Waals surface area contributed by atoms with E-state index in [0.29, 0.717) is 13.2 Å². The molecule has 0 aromatic carbocycles. The molecule has 0 radical (unpaired) electrons. The summed E-state index contributed by atoms with van der Waals surface area (Å²) in [5.74, 6) is 0. The summed E-state index contributed by atoms with van der Waals surface area (Å²) in [5.41, 5.74) is 0. The number of hydrogen-bond donors (Lipinski definition) is 1. The number of alkyl carbamates (subject to hydrolysis) is 1. The second-order valence-corrected chi connectivity index (χ2v) is 3.01. The summed E-state index contributed by atoms with van der Waals surface area (Å²) in [6.07, 6.45) is 0.294. The Morgan fingerprint density at radius 3 is 2.12 bits per heavy atom. The van der Waals surface area contributed by atoms with Crippen molar-refractivity contribution >= 4 is 12.2 Å². The average molecular weight is 233 g/mol. The van der Waals surface area contributed by atoms with Crippen LogP contribution in [0.4, 0.5) is 9.59 Å². The molecule has 0 aromatic rings. The van der Waals surface area contributed by atoms with Crippen LogP contribution >= 0.6 is 0 Å². The van der Waals surface area contributed by atoms with Gasteiger partial charge in [-0.1, -0.05) is 13.8 Å². The molecule has 0 aliphatic rings. The molecule has 0 spiro atoms. The fraction of sp³-hybridized carbons (Fsp3) is 0.800. The molecule has 0 saturated heterocycles. The van der Waals surface area contributed by atoms with Gasteiger partial charge in [-0.15, -0.1) is 0 Å². The van der Waals surface area contributed by atoms with Crippen molar-refractivity contribution in [2.24, 2.45) is 0 Å². The highest BCUT2D eigenvalue weighted by molar-refractivity contribution is 5.67. The standard InChI is InChI=1S/C10H19NO5/c1-3-6-14-9(12)11-5-8-16-10(13)15-7-4-2/h3-8H2,1-2H3,(H,11,12). The molecule has 1 N–H and O–H groups in total. The minimum absolute atomic E-state index is 0.0732. The van der Waals surface area contributed by atoms with Crippen molar-refractivity contribution in [3.63, 3.8) is 0 Å². The molecule has 6 nitrogen and oxygen atoms in total. The first-order valence-electron chi connectivity index (χ1n) is 5.40. The molecule has 0 bridgehead atoms. The minimum atomic E-state index is -0.717. The lowest BCUT2D eigenvalue weighted by molar-refractivity contribution is 0.0553. The fourth-order valence-electron chi connectivity index (χ4n) is 0.760. The Labute approximate surface area is 95.2 Å². The lowest BCUT2D eigenvalue weighted by Crippen LogP contribution is -2.29. The number of ether oxygens (including phenoxy) is 3. The van der Waals surface area contributed by atoms with Gasteiger partial charge in [-0.25, -0.2) is 9.59 Å². The third kappa shape index (κ3) is 9.11. The van der Waals surface area contributed by atoms with Gasteiger partial charge >= 0.3 is 12.2 Å². The second kappa shape index (κ2) is 10.1. The van der Waals surface area contributed by atoms with Crippen LogP contribution in [-0.4, -0.2) is 38.6 Å². The van der Waals surface area contributed by atoms with Crippen molar-refractivity contribution in [1.82, 2.24) is 5.32 Å². The van der Waals surface area contributed by atoms with Gasteiger partial charge < -0.3 is 19.5 Å². The SMILES string of the molecule is CCCOC(=O)NCCOC(=O)OCCC. The van der Waals surface area contributed by atoms with Crippen LogP contribution in [0, 0.1) is 0 Å². The predicted molar refractivity (Wildman–Crippen MR) is 57.2 cm³/mol. The molecular weight excluding hydrogens is 214 g/mol. The number of nitrogens with one attached hydrogen (secondary N) is 1. The smallest absolute Gasteiger partial charge is 0.450 e. The van der Waals surface area contributed by atoms with Crippen molar-refractivity contribution in [1.29, 1.82) is 0 Å². The van der Waals surface area contributed by atoms with Gasteiger partial charge in [0.25, 0.3) is 0 Å². The van der Waals surface area contributed by atoms with Crippen LogP contribution in [-0.2, 0) is 14.2 Å². The molecule has 0 fully saturated rings. The zero-order valence-electron chi connectivity index (χ0n) is 9.78. The summed E-state index contributed by atoms with van der Waals surface area (Å²) in [5, 5.41) is 2.43. The molecule has 0 atom stereocenters. The molecule has 0 aliphatic heterocycles. The highest BCUT2D eigenvalue weighted by atomic mass is 16.7. The van der Waals surface area contributed by atoms with Gasteiger partial charge in [0.05, 0.1) is 19.8 Å². The predicted octanol–water partition coefficient (Wildman–Crippen LogP) is 1.69. The molecule has 0 saturated carbocycles. The lowest BCUT2D eigenvalue weighted by Gasteiger charge is -2.07. The first-order valence-corrected chi connectivity index (χ1v) is 5.40. The van der Waals surface area contributed by atoms with Crippen molar-refractivity contribution in [2.45, 2.75) is 26.7 Å². The Kier molecular flexibility index (Phi) is 9.15. The largest absolute Gasteiger partial charge is 0.508 e. The van der Waals surface area contributed by atoms with Crippen LogP contribution in [0.3, 0.4) is 0 Å². The summed E-state index contributed by atoms with van der Waals surface area (Å²) >= 11 is 0. The molecule has 94 valence electrons. The number of carbonyl (C=O) groups excluding carboxylic acids is 2. The second-order valence-electron chi connectivity index (χ2n) is 3.01. The third-order valence-corrected chi connectivity index (χ3v) is 1.45. The Bertz CT molecular complexity index is 185. The van der Waals surface area contributed by atoms with Crippen LogP contribution in [0.25, 0.3) is 0 Å². The molecule has 6 heteroatoms. The first-order chi connectivity index (χ1) is 7.70. The highest BCUT2D eigenvalue weighted by Gasteiger charge is 2.03. The topological polar surface area (TPSA) is 73.9 Å². The van der Waals surface area contributed by atoms with Gasteiger partial charge in [0.15, 0.2) is 0 Å². The lowest BCUT2D eigenvalue weighted by atomic mass is 10.5. The molecule has 16 heavy (non-hydrogen) atoms. The van der Waals surface area contributed by atoms with Gasteiger partial charge in [0, 0.05) is 0 Å². The number of carbonyl (C=O) groups is 2. The van der Waals surface area contributed by atoms with Crippen LogP contribution in [0.1, 0.15) is 26.7 Å². The van der Waals surface area contributed by atoms with E-state index in [2.05, 4.69) is 14.8 Å². The van der Waals surface area contributed by atoms with E-state index in [1.165, 1.54) is 0 Å². The Hall–Kier alpha value is -1.46. The van der Waals surface area contributed by atoms with Crippen molar-refractivity contribution in [3.05, 3.63) is 0 Å². The quantitative estimate of drug-likeness (QED) is 0.535.